The van der Waals surface area contributed by atoms with Crippen molar-refractivity contribution >= 4 is 17.7 Å². The highest BCUT2D eigenvalue weighted by atomic mass is 32.2. The number of rotatable bonds is 7. The van der Waals surface area contributed by atoms with Gasteiger partial charge in [-0.3, -0.25) is 10.1 Å². The van der Waals surface area contributed by atoms with Crippen LogP contribution in [-0.2, 0) is 9.53 Å². The molecule has 2 atom stereocenters. The van der Waals surface area contributed by atoms with Crippen molar-refractivity contribution in [1.82, 2.24) is 5.32 Å². The van der Waals surface area contributed by atoms with E-state index < -0.39 is 11.5 Å². The predicted molar refractivity (Wildman–Crippen MR) is 70.6 cm³/mol. The van der Waals surface area contributed by atoms with Crippen LogP contribution in [0.1, 0.15) is 33.1 Å². The van der Waals surface area contributed by atoms with Crippen LogP contribution in [0.2, 0.25) is 0 Å². The van der Waals surface area contributed by atoms with Crippen LogP contribution in [-0.4, -0.2) is 47.4 Å². The minimum absolute atomic E-state index is 0.203. The number of carboxylic acids is 1. The van der Waals surface area contributed by atoms with Crippen LogP contribution in [0.5, 0.6) is 0 Å². The Morgan fingerprint density at radius 1 is 1.65 bits per heavy atom. The zero-order valence-corrected chi connectivity index (χ0v) is 11.7. The minimum Gasteiger partial charge on any atom is -0.480 e. The number of hydrogen-bond donors (Lipinski definition) is 2. The number of thioether (sulfide) groups is 1. The molecular formula is C12H23NO3S. The van der Waals surface area contributed by atoms with Gasteiger partial charge in [-0.15, -0.1) is 0 Å². The molecule has 4 nitrogen and oxygen atoms in total. The lowest BCUT2D eigenvalue weighted by Gasteiger charge is -2.28. The van der Waals surface area contributed by atoms with E-state index in [1.807, 2.05) is 25.6 Å². The van der Waals surface area contributed by atoms with Crippen LogP contribution in [0.25, 0.3) is 0 Å². The molecule has 17 heavy (non-hydrogen) atoms. The molecule has 0 spiro atoms. The van der Waals surface area contributed by atoms with Crippen molar-refractivity contribution in [2.45, 2.75) is 49.9 Å². The molecule has 0 aromatic rings. The molecule has 5 heteroatoms. The Labute approximate surface area is 107 Å². The summed E-state index contributed by atoms with van der Waals surface area (Å²) in [7, 11) is 1.69. The lowest BCUT2D eigenvalue weighted by atomic mass is 9.97. The molecule has 0 aromatic heterocycles. The number of carbonyl (C=O) groups is 1. The second-order valence-corrected chi connectivity index (χ2v) is 6.32. The Hall–Kier alpha value is -0.260. The molecule has 1 aliphatic rings. The summed E-state index contributed by atoms with van der Waals surface area (Å²) in [4.78, 5) is 11.4. The van der Waals surface area contributed by atoms with Gasteiger partial charge in [-0.05, 0) is 33.1 Å². The maximum atomic E-state index is 11.4. The second-order valence-electron chi connectivity index (χ2n) is 4.91. The number of ether oxygens (including phenoxy) is 1. The first kappa shape index (κ1) is 14.8. The zero-order chi connectivity index (χ0) is 12.9. The average molecular weight is 261 g/mol. The minimum atomic E-state index is -0.709. The van der Waals surface area contributed by atoms with Gasteiger partial charge >= 0.3 is 5.97 Å². The second kappa shape index (κ2) is 6.61. The van der Waals surface area contributed by atoms with E-state index in [1.165, 1.54) is 0 Å². The summed E-state index contributed by atoms with van der Waals surface area (Å²) < 4.78 is 5.01. The quantitative estimate of drug-likeness (QED) is 0.684. The largest absolute Gasteiger partial charge is 0.480 e. The van der Waals surface area contributed by atoms with Gasteiger partial charge in [0.15, 0.2) is 0 Å². The van der Waals surface area contributed by atoms with Gasteiger partial charge in [0.2, 0.25) is 0 Å². The molecule has 0 radical (unpaired) electrons. The Morgan fingerprint density at radius 3 is 2.88 bits per heavy atom. The molecule has 0 aliphatic heterocycles. The summed E-state index contributed by atoms with van der Waals surface area (Å²) >= 11 is 1.83. The van der Waals surface area contributed by atoms with E-state index in [0.717, 1.165) is 31.6 Å². The summed E-state index contributed by atoms with van der Waals surface area (Å²) in [5, 5.41) is 13.1. The third-order valence-electron chi connectivity index (χ3n) is 3.08. The Balaban J connectivity index is 2.50. The van der Waals surface area contributed by atoms with Gasteiger partial charge < -0.3 is 9.84 Å². The van der Waals surface area contributed by atoms with Crippen molar-refractivity contribution in [1.29, 1.82) is 0 Å². The fourth-order valence-corrected chi connectivity index (χ4v) is 3.66. The fraction of sp³-hybridized carbons (Fsp3) is 0.917. The maximum Gasteiger partial charge on any atom is 0.323 e. The van der Waals surface area contributed by atoms with Gasteiger partial charge in [0.05, 0.1) is 6.61 Å². The van der Waals surface area contributed by atoms with Crippen LogP contribution in [0, 0.1) is 0 Å². The Morgan fingerprint density at radius 2 is 2.35 bits per heavy atom. The van der Waals surface area contributed by atoms with Crippen molar-refractivity contribution < 1.29 is 14.6 Å². The lowest BCUT2D eigenvalue weighted by Crippen LogP contribution is -2.53. The topological polar surface area (TPSA) is 58.6 Å². The molecule has 0 heterocycles. The maximum absolute atomic E-state index is 11.4. The first-order valence-corrected chi connectivity index (χ1v) is 7.16. The van der Waals surface area contributed by atoms with E-state index in [1.54, 1.807) is 7.11 Å². The molecule has 0 amide bonds. The third-order valence-corrected chi connectivity index (χ3v) is 4.36. The first-order valence-electron chi connectivity index (χ1n) is 6.12. The number of carboxylic acid groups (broad SMARTS) is 1. The number of methoxy groups -OCH3 is 1. The molecule has 1 saturated carbocycles. The fourth-order valence-electron chi connectivity index (χ4n) is 2.38. The van der Waals surface area contributed by atoms with E-state index in [4.69, 9.17) is 4.74 Å². The van der Waals surface area contributed by atoms with E-state index >= 15 is 0 Å². The van der Waals surface area contributed by atoms with Gasteiger partial charge in [-0.25, -0.2) is 0 Å². The highest BCUT2D eigenvalue weighted by Gasteiger charge is 2.45. The highest BCUT2D eigenvalue weighted by molar-refractivity contribution is 7.99. The number of aliphatic carboxylic acids is 1. The smallest absolute Gasteiger partial charge is 0.323 e. The molecule has 2 unspecified atom stereocenters. The summed E-state index contributed by atoms with van der Waals surface area (Å²) in [6.45, 7) is 4.73. The summed E-state index contributed by atoms with van der Waals surface area (Å²) in [5.74, 6) is 0.236. The molecule has 0 bridgehead atoms. The lowest BCUT2D eigenvalue weighted by molar-refractivity contribution is -0.145. The zero-order valence-electron chi connectivity index (χ0n) is 10.9. The summed E-state index contributed by atoms with van der Waals surface area (Å²) in [6, 6.07) is 0.203. The normalized spacial score (nSPS) is 28.8. The average Bonchev–Trinajstić information content (AvgIpc) is 2.62. The molecule has 1 aliphatic carbocycles. The predicted octanol–water partition coefficient (Wildman–Crippen LogP) is 1.74. The number of hydrogen-bond acceptors (Lipinski definition) is 4. The third kappa shape index (κ3) is 4.16. The van der Waals surface area contributed by atoms with Crippen molar-refractivity contribution in [3.05, 3.63) is 0 Å². The first-order chi connectivity index (χ1) is 8.00. The van der Waals surface area contributed by atoms with Crippen molar-refractivity contribution in [2.75, 3.05) is 19.5 Å². The van der Waals surface area contributed by atoms with Crippen molar-refractivity contribution in [2.24, 2.45) is 0 Å². The molecule has 0 saturated heterocycles. The van der Waals surface area contributed by atoms with Crippen molar-refractivity contribution in [3.8, 4) is 0 Å². The molecule has 100 valence electrons. The van der Waals surface area contributed by atoms with Gasteiger partial charge in [-0.1, -0.05) is 0 Å². The van der Waals surface area contributed by atoms with Gasteiger partial charge in [0.1, 0.15) is 5.54 Å². The SMILES string of the molecule is COCCSC1CCC(NC(C)C)(C(=O)O)C1. The molecule has 1 fully saturated rings. The Bertz CT molecular complexity index is 260. The van der Waals surface area contributed by atoms with Gasteiger partial charge in [0.25, 0.3) is 0 Å². The van der Waals surface area contributed by atoms with Gasteiger partial charge in [-0.2, -0.15) is 11.8 Å². The van der Waals surface area contributed by atoms with Crippen LogP contribution in [0.3, 0.4) is 0 Å². The molecule has 0 aromatic carbocycles. The molecule has 1 rings (SSSR count). The summed E-state index contributed by atoms with van der Waals surface area (Å²) in [5.41, 5.74) is -0.709. The Kier molecular flexibility index (Phi) is 5.76. The highest BCUT2D eigenvalue weighted by Crippen LogP contribution is 2.37. The standard InChI is InChI=1S/C12H23NO3S/c1-9(2)13-12(11(14)15)5-4-10(8-12)17-7-6-16-3/h9-10,13H,4-8H2,1-3H3,(H,14,15). The monoisotopic (exact) mass is 261 g/mol. The van der Waals surface area contributed by atoms with E-state index in [-0.39, 0.29) is 6.04 Å². The van der Waals surface area contributed by atoms with E-state index in [2.05, 4.69) is 5.32 Å². The number of nitrogens with one attached hydrogen (secondary N) is 1. The van der Waals surface area contributed by atoms with Crippen LogP contribution < -0.4 is 5.32 Å². The molecular weight excluding hydrogens is 238 g/mol. The van der Waals surface area contributed by atoms with Gasteiger partial charge in [0, 0.05) is 24.2 Å². The van der Waals surface area contributed by atoms with Crippen LogP contribution in [0.4, 0.5) is 0 Å². The van der Waals surface area contributed by atoms with Crippen LogP contribution in [0.15, 0.2) is 0 Å². The van der Waals surface area contributed by atoms with Crippen LogP contribution >= 0.6 is 11.8 Å². The van der Waals surface area contributed by atoms with E-state index in [0.29, 0.717) is 5.25 Å². The van der Waals surface area contributed by atoms with E-state index in [9.17, 15) is 9.90 Å². The molecule has 2 N–H and O–H groups in total. The van der Waals surface area contributed by atoms with Crippen molar-refractivity contribution in [3.63, 3.8) is 0 Å². The summed E-state index contributed by atoms with van der Waals surface area (Å²) in [6.07, 6.45) is 2.42.